The molecule has 1 unspecified atom stereocenters. The zero-order valence-electron chi connectivity index (χ0n) is 15.7. The van der Waals surface area contributed by atoms with Crippen LogP contribution in [0.4, 0.5) is 0 Å². The lowest BCUT2D eigenvalue weighted by molar-refractivity contribution is 0.456. The fraction of sp³-hybridized carbons (Fsp3) is 0.778. The van der Waals surface area contributed by atoms with E-state index in [0.717, 1.165) is 37.9 Å². The maximum Gasteiger partial charge on any atom is 0.193 e. The number of hydrogen-bond donors (Lipinski definition) is 1. The number of hydrogen-bond acceptors (Lipinski definition) is 2. The Morgan fingerprint density at radius 2 is 2.21 bits per heavy atom. The summed E-state index contributed by atoms with van der Waals surface area (Å²) < 4.78 is 1.89. The third kappa shape index (κ3) is 6.99. The third-order valence-electron chi connectivity index (χ3n) is 4.57. The molecule has 6 heteroatoms. The molecule has 1 N–H and O–H groups in total. The molecule has 0 bridgehead atoms. The molecule has 1 aliphatic heterocycles. The average Bonchev–Trinajstić information content (AvgIpc) is 3.12. The molecule has 0 amide bonds. The maximum absolute atomic E-state index is 4.46. The first kappa shape index (κ1) is 21.3. The highest BCUT2D eigenvalue weighted by atomic mass is 127. The fourth-order valence-electron chi connectivity index (χ4n) is 3.31. The predicted molar refractivity (Wildman–Crippen MR) is 112 cm³/mol. The van der Waals surface area contributed by atoms with E-state index in [2.05, 4.69) is 40.4 Å². The van der Waals surface area contributed by atoms with Gasteiger partial charge in [0.05, 0.1) is 6.20 Å². The van der Waals surface area contributed by atoms with Crippen LogP contribution in [-0.2, 0) is 13.5 Å². The lowest BCUT2D eigenvalue weighted by Gasteiger charge is -2.21. The van der Waals surface area contributed by atoms with Gasteiger partial charge in [-0.1, -0.05) is 26.7 Å². The minimum absolute atomic E-state index is 0. The van der Waals surface area contributed by atoms with Crippen LogP contribution in [0.15, 0.2) is 17.4 Å². The highest BCUT2D eigenvalue weighted by Crippen LogP contribution is 2.20. The Morgan fingerprint density at radius 1 is 1.42 bits per heavy atom. The van der Waals surface area contributed by atoms with E-state index < -0.39 is 0 Å². The Hall–Kier alpha value is -0.790. The molecule has 0 aromatic carbocycles. The smallest absolute Gasteiger partial charge is 0.193 e. The third-order valence-corrected chi connectivity index (χ3v) is 4.57. The van der Waals surface area contributed by atoms with Crippen molar-refractivity contribution in [3.8, 4) is 0 Å². The van der Waals surface area contributed by atoms with Gasteiger partial charge in [0.25, 0.3) is 0 Å². The van der Waals surface area contributed by atoms with Gasteiger partial charge in [0.1, 0.15) is 0 Å². The standard InChI is InChI=1S/C18H33N5.HI/c1-15(2)7-5-6-9-20-18(19-3)23-10-8-16(14-23)11-17-12-21-22(4)13-17;/h12-13,15-16H,5-11,14H2,1-4H3,(H,19,20);1H. The van der Waals surface area contributed by atoms with Crippen LogP contribution in [0.3, 0.4) is 0 Å². The van der Waals surface area contributed by atoms with Crippen molar-refractivity contribution in [2.75, 3.05) is 26.7 Å². The molecule has 1 fully saturated rings. The number of rotatable bonds is 7. The number of aryl methyl sites for hydroxylation is 1. The second kappa shape index (κ2) is 10.9. The summed E-state index contributed by atoms with van der Waals surface area (Å²) in [5.74, 6) is 2.59. The summed E-state index contributed by atoms with van der Waals surface area (Å²) in [5.41, 5.74) is 1.34. The van der Waals surface area contributed by atoms with Crippen molar-refractivity contribution in [2.24, 2.45) is 23.9 Å². The molecule has 5 nitrogen and oxygen atoms in total. The molecule has 0 saturated carbocycles. The van der Waals surface area contributed by atoms with Crippen molar-refractivity contribution in [3.05, 3.63) is 18.0 Å². The Morgan fingerprint density at radius 3 is 2.83 bits per heavy atom. The van der Waals surface area contributed by atoms with Crippen molar-refractivity contribution in [3.63, 3.8) is 0 Å². The minimum Gasteiger partial charge on any atom is -0.356 e. The summed E-state index contributed by atoms with van der Waals surface area (Å²) in [6.45, 7) is 7.82. The fourth-order valence-corrected chi connectivity index (χ4v) is 3.31. The van der Waals surface area contributed by atoms with Crippen LogP contribution in [0.1, 0.15) is 45.1 Å². The number of nitrogens with one attached hydrogen (secondary N) is 1. The topological polar surface area (TPSA) is 45.5 Å². The molecule has 2 rings (SSSR count). The number of nitrogens with zero attached hydrogens (tertiary/aromatic N) is 4. The van der Waals surface area contributed by atoms with Crippen LogP contribution in [-0.4, -0.2) is 47.3 Å². The van der Waals surface area contributed by atoms with Crippen molar-refractivity contribution in [2.45, 2.75) is 46.0 Å². The van der Waals surface area contributed by atoms with Crippen molar-refractivity contribution in [1.29, 1.82) is 0 Å². The van der Waals surface area contributed by atoms with Gasteiger partial charge in [0, 0.05) is 39.9 Å². The summed E-state index contributed by atoms with van der Waals surface area (Å²) in [7, 11) is 3.88. The number of halogens is 1. The van der Waals surface area contributed by atoms with Gasteiger partial charge in [-0.25, -0.2) is 0 Å². The highest BCUT2D eigenvalue weighted by molar-refractivity contribution is 14.0. The summed E-state index contributed by atoms with van der Waals surface area (Å²) in [6.07, 6.45) is 10.3. The van der Waals surface area contributed by atoms with E-state index in [1.165, 1.54) is 31.2 Å². The molecule has 1 saturated heterocycles. The van der Waals surface area contributed by atoms with Gasteiger partial charge in [-0.2, -0.15) is 5.10 Å². The van der Waals surface area contributed by atoms with Gasteiger partial charge in [0.15, 0.2) is 5.96 Å². The first-order valence-corrected chi connectivity index (χ1v) is 9.01. The molecule has 2 heterocycles. The van der Waals surface area contributed by atoms with E-state index in [1.54, 1.807) is 0 Å². The summed E-state index contributed by atoms with van der Waals surface area (Å²) in [6, 6.07) is 0. The van der Waals surface area contributed by atoms with Crippen LogP contribution < -0.4 is 5.32 Å². The molecule has 1 aliphatic rings. The summed E-state index contributed by atoms with van der Waals surface area (Å²) >= 11 is 0. The second-order valence-electron chi connectivity index (χ2n) is 7.19. The van der Waals surface area contributed by atoms with Crippen LogP contribution in [0.5, 0.6) is 0 Å². The molecule has 0 spiro atoms. The van der Waals surface area contributed by atoms with E-state index in [0.29, 0.717) is 5.92 Å². The van der Waals surface area contributed by atoms with Gasteiger partial charge in [-0.15, -0.1) is 24.0 Å². The number of aliphatic imine (C=N–C) groups is 1. The quantitative estimate of drug-likeness (QED) is 0.302. The molecular weight excluding hydrogens is 413 g/mol. The predicted octanol–water partition coefficient (Wildman–Crippen LogP) is 3.30. The first-order valence-electron chi connectivity index (χ1n) is 9.01. The lowest BCUT2D eigenvalue weighted by atomic mass is 10.0. The molecule has 1 aromatic heterocycles. The second-order valence-corrected chi connectivity index (χ2v) is 7.19. The van der Waals surface area contributed by atoms with Crippen molar-refractivity contribution >= 4 is 29.9 Å². The van der Waals surface area contributed by atoms with E-state index in [-0.39, 0.29) is 24.0 Å². The SMILES string of the molecule is CN=C(NCCCCC(C)C)N1CCC(Cc2cnn(C)c2)C1.I. The molecule has 1 aromatic rings. The van der Waals surface area contributed by atoms with Gasteiger partial charge in [-0.05, 0) is 36.7 Å². The van der Waals surface area contributed by atoms with Gasteiger partial charge in [-0.3, -0.25) is 9.67 Å². The summed E-state index contributed by atoms with van der Waals surface area (Å²) in [5, 5.41) is 7.80. The molecule has 0 radical (unpaired) electrons. The molecule has 0 aliphatic carbocycles. The normalized spacial score (nSPS) is 18.1. The lowest BCUT2D eigenvalue weighted by Crippen LogP contribution is -2.40. The molecule has 138 valence electrons. The number of guanidine groups is 1. The summed E-state index contributed by atoms with van der Waals surface area (Å²) in [4.78, 5) is 6.87. The Kier molecular flexibility index (Phi) is 9.69. The Labute approximate surface area is 164 Å². The van der Waals surface area contributed by atoms with Crippen LogP contribution in [0, 0.1) is 11.8 Å². The zero-order chi connectivity index (χ0) is 16.7. The highest BCUT2D eigenvalue weighted by Gasteiger charge is 2.25. The van der Waals surface area contributed by atoms with E-state index in [1.807, 2.05) is 25.0 Å². The number of unbranched alkanes of at least 4 members (excludes halogenated alkanes) is 1. The van der Waals surface area contributed by atoms with Crippen LogP contribution in [0.25, 0.3) is 0 Å². The van der Waals surface area contributed by atoms with E-state index in [4.69, 9.17) is 0 Å². The number of aromatic nitrogens is 2. The van der Waals surface area contributed by atoms with Crippen molar-refractivity contribution in [1.82, 2.24) is 20.0 Å². The molecule has 1 atom stereocenters. The van der Waals surface area contributed by atoms with E-state index >= 15 is 0 Å². The largest absolute Gasteiger partial charge is 0.356 e. The van der Waals surface area contributed by atoms with Crippen molar-refractivity contribution < 1.29 is 0 Å². The average molecular weight is 447 g/mol. The van der Waals surface area contributed by atoms with E-state index in [9.17, 15) is 0 Å². The molecule has 24 heavy (non-hydrogen) atoms. The first-order chi connectivity index (χ1) is 11.1. The van der Waals surface area contributed by atoms with Gasteiger partial charge < -0.3 is 10.2 Å². The minimum atomic E-state index is 0. The monoisotopic (exact) mass is 447 g/mol. The van der Waals surface area contributed by atoms with Gasteiger partial charge >= 0.3 is 0 Å². The molecular formula is C18H34IN5. The Balaban J connectivity index is 0.00000288. The Bertz CT molecular complexity index is 497. The maximum atomic E-state index is 4.46. The van der Waals surface area contributed by atoms with Gasteiger partial charge in [0.2, 0.25) is 0 Å². The van der Waals surface area contributed by atoms with Crippen LogP contribution >= 0.6 is 24.0 Å². The zero-order valence-corrected chi connectivity index (χ0v) is 18.0. The number of likely N-dealkylation sites (tertiary alicyclic amines) is 1. The van der Waals surface area contributed by atoms with Crippen LogP contribution in [0.2, 0.25) is 0 Å².